The summed E-state index contributed by atoms with van der Waals surface area (Å²) in [5.74, 6) is 0.156. The van der Waals surface area contributed by atoms with Gasteiger partial charge in [0.1, 0.15) is 11.0 Å². The molecule has 1 aromatic carbocycles. The van der Waals surface area contributed by atoms with Crippen molar-refractivity contribution in [3.8, 4) is 0 Å². The molecule has 0 aliphatic carbocycles. The summed E-state index contributed by atoms with van der Waals surface area (Å²) in [6, 6.07) is 5.65. The standard InChI is InChI=1S/C16H17Cl2N3O/c1-8(2)12-13(17)19-16(18)21-14(12)20-15(22)11-6-9(3)5-10(4)7-11/h5-8H,1-4H3,(H,19,20,21,22). The van der Waals surface area contributed by atoms with Crippen LogP contribution in [0.3, 0.4) is 0 Å². The summed E-state index contributed by atoms with van der Waals surface area (Å²) in [5, 5.41) is 3.05. The molecule has 2 aromatic rings. The summed E-state index contributed by atoms with van der Waals surface area (Å²) in [6.45, 7) is 7.79. The lowest BCUT2D eigenvalue weighted by Crippen LogP contribution is -2.16. The zero-order valence-electron chi connectivity index (χ0n) is 12.9. The van der Waals surface area contributed by atoms with E-state index in [2.05, 4.69) is 15.3 Å². The van der Waals surface area contributed by atoms with Gasteiger partial charge in [-0.15, -0.1) is 0 Å². The van der Waals surface area contributed by atoms with E-state index in [0.717, 1.165) is 11.1 Å². The van der Waals surface area contributed by atoms with Crippen LogP contribution in [0.4, 0.5) is 5.82 Å². The molecule has 4 nitrogen and oxygen atoms in total. The molecule has 0 unspecified atom stereocenters. The molecule has 1 N–H and O–H groups in total. The molecule has 22 heavy (non-hydrogen) atoms. The fourth-order valence-corrected chi connectivity index (χ4v) is 2.91. The van der Waals surface area contributed by atoms with Crippen LogP contribution in [-0.2, 0) is 0 Å². The molecule has 0 saturated heterocycles. The van der Waals surface area contributed by atoms with E-state index >= 15 is 0 Å². The van der Waals surface area contributed by atoms with E-state index in [0.29, 0.717) is 16.9 Å². The summed E-state index contributed by atoms with van der Waals surface area (Å²) >= 11 is 12.0. The summed E-state index contributed by atoms with van der Waals surface area (Å²) in [6.07, 6.45) is 0. The average Bonchev–Trinajstić information content (AvgIpc) is 2.35. The largest absolute Gasteiger partial charge is 0.306 e. The molecular formula is C16H17Cl2N3O. The monoisotopic (exact) mass is 337 g/mol. The van der Waals surface area contributed by atoms with Gasteiger partial charge in [-0.1, -0.05) is 42.6 Å². The highest BCUT2D eigenvalue weighted by molar-refractivity contribution is 6.32. The zero-order chi connectivity index (χ0) is 16.4. The number of hydrogen-bond acceptors (Lipinski definition) is 3. The highest BCUT2D eigenvalue weighted by Crippen LogP contribution is 2.30. The van der Waals surface area contributed by atoms with E-state index in [1.807, 2.05) is 45.9 Å². The van der Waals surface area contributed by atoms with Gasteiger partial charge in [0.15, 0.2) is 0 Å². The Morgan fingerprint density at radius 1 is 1.09 bits per heavy atom. The van der Waals surface area contributed by atoms with Crippen LogP contribution in [-0.4, -0.2) is 15.9 Å². The number of benzene rings is 1. The van der Waals surface area contributed by atoms with Crippen LogP contribution in [0, 0.1) is 13.8 Å². The first-order chi connectivity index (χ1) is 10.3. The predicted molar refractivity (Wildman–Crippen MR) is 90.0 cm³/mol. The van der Waals surface area contributed by atoms with E-state index in [9.17, 15) is 4.79 Å². The number of carbonyl (C=O) groups is 1. The molecule has 0 atom stereocenters. The second-order valence-electron chi connectivity index (χ2n) is 5.53. The van der Waals surface area contributed by atoms with Crippen LogP contribution in [0.1, 0.15) is 46.8 Å². The van der Waals surface area contributed by atoms with Crippen molar-refractivity contribution in [2.45, 2.75) is 33.6 Å². The highest BCUT2D eigenvalue weighted by Gasteiger charge is 2.18. The van der Waals surface area contributed by atoms with Gasteiger partial charge >= 0.3 is 0 Å². The number of halogens is 2. The molecule has 6 heteroatoms. The van der Waals surface area contributed by atoms with Crippen molar-refractivity contribution in [1.29, 1.82) is 0 Å². The van der Waals surface area contributed by atoms with Gasteiger partial charge in [0, 0.05) is 11.1 Å². The van der Waals surface area contributed by atoms with Crippen LogP contribution < -0.4 is 5.32 Å². The van der Waals surface area contributed by atoms with Gasteiger partial charge in [-0.25, -0.2) is 4.98 Å². The minimum atomic E-state index is -0.250. The molecule has 0 radical (unpaired) electrons. The van der Waals surface area contributed by atoms with E-state index in [1.54, 1.807) is 0 Å². The fraction of sp³-hybridized carbons (Fsp3) is 0.312. The van der Waals surface area contributed by atoms with Gasteiger partial charge in [-0.2, -0.15) is 4.98 Å². The quantitative estimate of drug-likeness (QED) is 0.647. The highest BCUT2D eigenvalue weighted by atomic mass is 35.5. The third-order valence-corrected chi connectivity index (χ3v) is 3.62. The Morgan fingerprint density at radius 2 is 1.68 bits per heavy atom. The Kier molecular flexibility index (Phi) is 5.04. The van der Waals surface area contributed by atoms with Crippen molar-refractivity contribution >= 4 is 34.9 Å². The Morgan fingerprint density at radius 3 is 2.23 bits per heavy atom. The molecule has 0 fully saturated rings. The number of aryl methyl sites for hydroxylation is 2. The number of anilines is 1. The first-order valence-electron chi connectivity index (χ1n) is 6.90. The summed E-state index contributed by atoms with van der Waals surface area (Å²) < 4.78 is 0. The molecule has 1 amide bonds. The molecule has 2 rings (SSSR count). The van der Waals surface area contributed by atoms with Crippen molar-refractivity contribution in [2.24, 2.45) is 0 Å². The van der Waals surface area contributed by atoms with Crippen molar-refractivity contribution < 1.29 is 4.79 Å². The van der Waals surface area contributed by atoms with Gasteiger partial charge in [-0.3, -0.25) is 4.79 Å². The van der Waals surface area contributed by atoms with Gasteiger partial charge in [-0.05, 0) is 43.5 Å². The lowest BCUT2D eigenvalue weighted by atomic mass is 10.0. The van der Waals surface area contributed by atoms with E-state index in [-0.39, 0.29) is 22.3 Å². The van der Waals surface area contributed by atoms with Crippen molar-refractivity contribution in [1.82, 2.24) is 9.97 Å². The summed E-state index contributed by atoms with van der Waals surface area (Å²) in [5.41, 5.74) is 3.28. The van der Waals surface area contributed by atoms with E-state index < -0.39 is 0 Å². The Balaban J connectivity index is 2.40. The third kappa shape index (κ3) is 3.76. The Hall–Kier alpha value is -1.65. The Bertz CT molecular complexity index is 709. The lowest BCUT2D eigenvalue weighted by Gasteiger charge is -2.14. The van der Waals surface area contributed by atoms with Crippen LogP contribution in [0.5, 0.6) is 0 Å². The fourth-order valence-electron chi connectivity index (χ4n) is 2.31. The van der Waals surface area contributed by atoms with Crippen LogP contribution in [0.2, 0.25) is 10.4 Å². The topological polar surface area (TPSA) is 54.9 Å². The van der Waals surface area contributed by atoms with Gasteiger partial charge in [0.05, 0.1) is 0 Å². The number of rotatable bonds is 3. The smallest absolute Gasteiger partial charge is 0.256 e. The minimum absolute atomic E-state index is 0.00474. The van der Waals surface area contributed by atoms with E-state index in [4.69, 9.17) is 23.2 Å². The maximum absolute atomic E-state index is 12.5. The summed E-state index contributed by atoms with van der Waals surface area (Å²) in [4.78, 5) is 20.5. The number of carbonyl (C=O) groups excluding carboxylic acids is 1. The van der Waals surface area contributed by atoms with Crippen molar-refractivity contribution in [3.05, 3.63) is 50.9 Å². The second-order valence-corrected chi connectivity index (χ2v) is 6.23. The van der Waals surface area contributed by atoms with Gasteiger partial charge in [0.25, 0.3) is 5.91 Å². The lowest BCUT2D eigenvalue weighted by molar-refractivity contribution is 0.102. The molecule has 0 spiro atoms. The number of aromatic nitrogens is 2. The number of nitrogens with zero attached hydrogens (tertiary/aromatic N) is 2. The molecule has 1 aromatic heterocycles. The molecule has 0 aliphatic rings. The normalized spacial score (nSPS) is 10.9. The van der Waals surface area contributed by atoms with Crippen LogP contribution >= 0.6 is 23.2 Å². The maximum Gasteiger partial charge on any atom is 0.256 e. The van der Waals surface area contributed by atoms with Crippen LogP contribution in [0.15, 0.2) is 18.2 Å². The molecular weight excluding hydrogens is 321 g/mol. The van der Waals surface area contributed by atoms with Gasteiger partial charge in [0.2, 0.25) is 5.28 Å². The molecule has 0 saturated carbocycles. The second kappa shape index (κ2) is 6.63. The van der Waals surface area contributed by atoms with Crippen molar-refractivity contribution in [3.63, 3.8) is 0 Å². The SMILES string of the molecule is Cc1cc(C)cc(C(=O)Nc2nc(Cl)nc(Cl)c2C(C)C)c1. The molecule has 116 valence electrons. The number of nitrogens with one attached hydrogen (secondary N) is 1. The zero-order valence-corrected chi connectivity index (χ0v) is 14.4. The maximum atomic E-state index is 12.5. The van der Waals surface area contributed by atoms with E-state index in [1.165, 1.54) is 0 Å². The third-order valence-electron chi connectivity index (χ3n) is 3.17. The molecule has 0 aliphatic heterocycles. The minimum Gasteiger partial charge on any atom is -0.306 e. The molecule has 0 bridgehead atoms. The van der Waals surface area contributed by atoms with Gasteiger partial charge < -0.3 is 5.32 Å². The molecule has 1 heterocycles. The first-order valence-corrected chi connectivity index (χ1v) is 7.66. The number of amides is 1. The summed E-state index contributed by atoms with van der Waals surface area (Å²) in [7, 11) is 0. The predicted octanol–water partition coefficient (Wildman–Crippen LogP) is 4.78. The van der Waals surface area contributed by atoms with Crippen LogP contribution in [0.25, 0.3) is 0 Å². The first kappa shape index (κ1) is 16.7. The Labute approximate surface area is 139 Å². The number of hydrogen-bond donors (Lipinski definition) is 1. The average molecular weight is 338 g/mol. The van der Waals surface area contributed by atoms with Crippen molar-refractivity contribution in [2.75, 3.05) is 5.32 Å².